The van der Waals surface area contributed by atoms with Crippen molar-refractivity contribution >= 4 is 13.3 Å². The van der Waals surface area contributed by atoms with Crippen molar-refractivity contribution in [2.45, 2.75) is 65.3 Å². The van der Waals surface area contributed by atoms with E-state index < -0.39 is 25.7 Å². The van der Waals surface area contributed by atoms with Crippen molar-refractivity contribution in [1.82, 2.24) is 0 Å². The number of benzene rings is 1. The third kappa shape index (κ3) is 5.49. The van der Waals surface area contributed by atoms with Crippen LogP contribution in [0.25, 0.3) is 0 Å². The van der Waals surface area contributed by atoms with Crippen LogP contribution in [0.5, 0.6) is 0 Å². The molecule has 0 aliphatic rings. The molecule has 0 fully saturated rings. The van der Waals surface area contributed by atoms with Gasteiger partial charge in [-0.3, -0.25) is 0 Å². The zero-order valence-corrected chi connectivity index (χ0v) is 16.4. The largest absolute Gasteiger partial charge is 0.391 e. The van der Waals surface area contributed by atoms with E-state index in [1.165, 1.54) is 5.19 Å². The maximum absolute atomic E-state index is 10.7. The molecule has 1 aromatic carbocycles. The summed E-state index contributed by atoms with van der Waals surface area (Å²) in [4.78, 5) is 0. The zero-order chi connectivity index (χ0) is 17.7. The number of rotatable bonds is 6. The number of aliphatic hydroxyl groups excluding tert-OH is 1. The molecule has 1 rings (SSSR count). The van der Waals surface area contributed by atoms with Gasteiger partial charge >= 0.3 is 0 Å². The summed E-state index contributed by atoms with van der Waals surface area (Å²) in [5, 5.41) is 22.5. The maximum atomic E-state index is 10.7. The van der Waals surface area contributed by atoms with Gasteiger partial charge < -0.3 is 10.2 Å². The van der Waals surface area contributed by atoms with Crippen LogP contribution in [-0.2, 0) is 0 Å². The first-order valence-electron chi connectivity index (χ1n) is 8.62. The summed E-state index contributed by atoms with van der Waals surface area (Å²) >= 11 is 0. The fraction of sp³-hybridized carbons (Fsp3) is 0.600. The van der Waals surface area contributed by atoms with E-state index in [1.807, 2.05) is 18.2 Å². The van der Waals surface area contributed by atoms with Crippen molar-refractivity contribution in [3.63, 3.8) is 0 Å². The van der Waals surface area contributed by atoms with E-state index in [2.05, 4.69) is 50.5 Å². The van der Waals surface area contributed by atoms with Gasteiger partial charge in [0.1, 0.15) is 0 Å². The van der Waals surface area contributed by atoms with Gasteiger partial charge in [-0.25, -0.2) is 0 Å². The Kier molecular flexibility index (Phi) is 7.07. The summed E-state index contributed by atoms with van der Waals surface area (Å²) < 4.78 is 0. The molecule has 23 heavy (non-hydrogen) atoms. The first kappa shape index (κ1) is 20.0. The van der Waals surface area contributed by atoms with Crippen molar-refractivity contribution in [1.29, 1.82) is 0 Å². The van der Waals surface area contributed by atoms with Crippen LogP contribution in [0.2, 0.25) is 13.1 Å². The molecule has 0 amide bonds. The molecule has 3 heteroatoms. The van der Waals surface area contributed by atoms with Crippen LogP contribution in [0.3, 0.4) is 0 Å². The molecule has 2 N–H and O–H groups in total. The average molecular weight is 333 g/mol. The molecule has 1 aromatic rings. The molecule has 0 heterocycles. The van der Waals surface area contributed by atoms with Crippen molar-refractivity contribution in [3.05, 3.63) is 30.3 Å². The fourth-order valence-corrected chi connectivity index (χ4v) is 4.60. The Bertz CT molecular complexity index is 530. The smallest absolute Gasteiger partial charge is 0.162 e. The summed E-state index contributed by atoms with van der Waals surface area (Å²) in [5.41, 5.74) is 2.42. The van der Waals surface area contributed by atoms with Crippen LogP contribution in [0.4, 0.5) is 0 Å². The van der Waals surface area contributed by atoms with E-state index in [4.69, 9.17) is 0 Å². The molecule has 0 spiro atoms. The fourth-order valence-electron chi connectivity index (χ4n) is 2.91. The van der Waals surface area contributed by atoms with Gasteiger partial charge in [-0.1, -0.05) is 70.1 Å². The van der Waals surface area contributed by atoms with Crippen molar-refractivity contribution in [2.24, 2.45) is 11.8 Å². The highest BCUT2D eigenvalue weighted by atomic mass is 28.3. The predicted molar refractivity (Wildman–Crippen MR) is 101 cm³/mol. The molecular formula is C20H32O2Si. The van der Waals surface area contributed by atoms with E-state index in [-0.39, 0.29) is 5.92 Å². The Labute approximate surface area is 143 Å². The maximum Gasteiger partial charge on any atom is 0.162 e. The van der Waals surface area contributed by atoms with Crippen LogP contribution in [0.15, 0.2) is 30.3 Å². The molecule has 0 aliphatic carbocycles. The summed E-state index contributed by atoms with van der Waals surface area (Å²) in [6.07, 6.45) is 1.19. The first-order valence-corrected chi connectivity index (χ1v) is 11.6. The van der Waals surface area contributed by atoms with Crippen molar-refractivity contribution in [2.75, 3.05) is 0 Å². The van der Waals surface area contributed by atoms with Gasteiger partial charge in [0.15, 0.2) is 8.07 Å². The van der Waals surface area contributed by atoms with Gasteiger partial charge in [-0.15, -0.1) is 11.5 Å². The van der Waals surface area contributed by atoms with Gasteiger partial charge in [0, 0.05) is 0 Å². The van der Waals surface area contributed by atoms with Crippen LogP contribution in [0.1, 0.15) is 40.5 Å². The molecule has 0 bridgehead atoms. The molecule has 2 nitrogen and oxygen atoms in total. The third-order valence-electron chi connectivity index (χ3n) is 4.67. The molecule has 0 radical (unpaired) electrons. The molecular weight excluding hydrogens is 300 g/mol. The van der Waals surface area contributed by atoms with Crippen molar-refractivity contribution in [3.8, 4) is 11.5 Å². The Morgan fingerprint density at radius 3 is 2.04 bits per heavy atom. The van der Waals surface area contributed by atoms with Crippen LogP contribution < -0.4 is 5.19 Å². The van der Waals surface area contributed by atoms with Gasteiger partial charge in [0.05, 0.1) is 17.6 Å². The topological polar surface area (TPSA) is 40.5 Å². The minimum atomic E-state index is -1.91. The second-order valence-corrected chi connectivity index (χ2v) is 11.5. The van der Waals surface area contributed by atoms with E-state index >= 15 is 0 Å². The molecule has 0 aromatic heterocycles. The quantitative estimate of drug-likeness (QED) is 0.620. The lowest BCUT2D eigenvalue weighted by Gasteiger charge is -2.33. The zero-order valence-electron chi connectivity index (χ0n) is 15.4. The molecule has 0 aliphatic heterocycles. The molecule has 0 unspecified atom stereocenters. The minimum absolute atomic E-state index is 0.169. The van der Waals surface area contributed by atoms with Gasteiger partial charge in [0.25, 0.3) is 0 Å². The summed E-state index contributed by atoms with van der Waals surface area (Å²) in [5.74, 6) is 3.00. The average Bonchev–Trinajstić information content (AvgIpc) is 2.48. The van der Waals surface area contributed by atoms with E-state index in [1.54, 1.807) is 13.8 Å². The van der Waals surface area contributed by atoms with Gasteiger partial charge in [0.2, 0.25) is 0 Å². The Hall–Kier alpha value is -1.08. The van der Waals surface area contributed by atoms with Crippen LogP contribution >= 0.6 is 0 Å². The third-order valence-corrected chi connectivity index (χ3v) is 7.22. The highest BCUT2D eigenvalue weighted by Crippen LogP contribution is 2.27. The first-order chi connectivity index (χ1) is 10.6. The highest BCUT2D eigenvalue weighted by molar-refractivity contribution is 6.96. The Balaban J connectivity index is 3.13. The van der Waals surface area contributed by atoms with Crippen LogP contribution in [0, 0.1) is 23.3 Å². The normalized spacial score (nSPS) is 15.0. The van der Waals surface area contributed by atoms with Crippen LogP contribution in [-0.4, -0.2) is 30.0 Å². The predicted octanol–water partition coefficient (Wildman–Crippen LogP) is 3.33. The van der Waals surface area contributed by atoms with Gasteiger partial charge in [-0.2, -0.15) is 0 Å². The summed E-state index contributed by atoms with van der Waals surface area (Å²) in [7, 11) is -1.91. The standard InChI is InChI=1S/C20H32O2Si/c1-7-16(8-2)19(21)18(20(3,4)22)14-15-23(5,6)17-12-10-9-11-13-17/h9-13,16,18-19,21-22H,7-8H2,1-6H3/t18-,19+/m0/s1. The second-order valence-electron chi connectivity index (χ2n) is 7.46. The molecule has 0 saturated heterocycles. The lowest BCUT2D eigenvalue weighted by atomic mass is 9.79. The summed E-state index contributed by atoms with van der Waals surface area (Å²) in [6, 6.07) is 10.3. The number of hydrogen-bond acceptors (Lipinski definition) is 2. The summed E-state index contributed by atoms with van der Waals surface area (Å²) in [6.45, 7) is 12.1. The Morgan fingerprint density at radius 1 is 1.09 bits per heavy atom. The molecule has 128 valence electrons. The number of aliphatic hydroxyl groups is 2. The lowest BCUT2D eigenvalue weighted by molar-refractivity contribution is -0.0425. The SMILES string of the molecule is CCC(CC)[C@@H](O)[C@H](C#C[Si](C)(C)c1ccccc1)C(C)(C)O. The van der Waals surface area contributed by atoms with E-state index in [9.17, 15) is 10.2 Å². The van der Waals surface area contributed by atoms with Gasteiger partial charge in [-0.05, 0) is 25.0 Å². The van der Waals surface area contributed by atoms with Crippen molar-refractivity contribution < 1.29 is 10.2 Å². The minimum Gasteiger partial charge on any atom is -0.391 e. The monoisotopic (exact) mass is 332 g/mol. The lowest BCUT2D eigenvalue weighted by Crippen LogP contribution is -2.44. The van der Waals surface area contributed by atoms with E-state index in [0.717, 1.165) is 12.8 Å². The highest BCUT2D eigenvalue weighted by Gasteiger charge is 2.35. The van der Waals surface area contributed by atoms with E-state index in [0.29, 0.717) is 0 Å². The number of hydrogen-bond donors (Lipinski definition) is 2. The molecule has 2 atom stereocenters. The second kappa shape index (κ2) is 8.15. The molecule has 0 saturated carbocycles. The Morgan fingerprint density at radius 2 is 1.61 bits per heavy atom.